The fourth-order valence-electron chi connectivity index (χ4n) is 8.15. The van der Waals surface area contributed by atoms with Crippen molar-refractivity contribution in [1.29, 1.82) is 0 Å². The molecule has 2 fully saturated rings. The third kappa shape index (κ3) is 5.07. The first-order valence-corrected chi connectivity index (χ1v) is 16.4. The van der Waals surface area contributed by atoms with Crippen LogP contribution in [0.25, 0.3) is 0 Å². The number of pyridine rings is 1. The maximum atomic E-state index is 14.0. The van der Waals surface area contributed by atoms with Crippen LogP contribution in [-0.4, -0.2) is 44.1 Å². The molecular weight excluding hydrogens is 532 g/mol. The van der Waals surface area contributed by atoms with Gasteiger partial charge in [-0.2, -0.15) is 0 Å². The molecular formula is C37H47N4O2+. The van der Waals surface area contributed by atoms with Crippen LogP contribution in [-0.2, 0) is 35.1 Å². The normalized spacial score (nSPS) is 21.3. The monoisotopic (exact) mass is 579 g/mol. The highest BCUT2D eigenvalue weighted by molar-refractivity contribution is 5.80. The smallest absolute Gasteiger partial charge is 0.278 e. The van der Waals surface area contributed by atoms with Crippen molar-refractivity contribution >= 4 is 17.4 Å². The van der Waals surface area contributed by atoms with Gasteiger partial charge in [-0.3, -0.25) is 10.1 Å². The van der Waals surface area contributed by atoms with Gasteiger partial charge in [-0.25, -0.2) is 4.57 Å². The summed E-state index contributed by atoms with van der Waals surface area (Å²) in [4.78, 5) is 18.6. The average Bonchev–Trinajstić information content (AvgIpc) is 3.69. The maximum absolute atomic E-state index is 14.0. The second-order valence-corrected chi connectivity index (χ2v) is 14.3. The Balaban J connectivity index is 1.29. The number of nitrogens with one attached hydrogen (secondary N) is 1. The number of aromatic nitrogens is 1. The Hall–Kier alpha value is -3.54. The van der Waals surface area contributed by atoms with Gasteiger partial charge in [0.05, 0.1) is 24.4 Å². The summed E-state index contributed by atoms with van der Waals surface area (Å²) < 4.78 is 8.34. The minimum atomic E-state index is -0.509. The summed E-state index contributed by atoms with van der Waals surface area (Å²) >= 11 is 0. The lowest BCUT2D eigenvalue weighted by atomic mass is 9.66. The number of benzene rings is 2. The van der Waals surface area contributed by atoms with Gasteiger partial charge in [-0.05, 0) is 72.9 Å². The number of likely N-dealkylation sites (tertiary alicyclic amines) is 1. The molecule has 226 valence electrons. The van der Waals surface area contributed by atoms with E-state index < -0.39 is 5.54 Å². The number of amides is 1. The molecule has 2 atom stereocenters. The summed E-state index contributed by atoms with van der Waals surface area (Å²) in [5.41, 5.74) is 6.23. The third-order valence-electron chi connectivity index (χ3n) is 10.6. The Labute approximate surface area is 257 Å². The van der Waals surface area contributed by atoms with Crippen LogP contribution in [0.1, 0.15) is 68.7 Å². The number of carbonyl (C=O) groups excluding carboxylic acids is 1. The van der Waals surface area contributed by atoms with Gasteiger partial charge in [0.1, 0.15) is 24.0 Å². The summed E-state index contributed by atoms with van der Waals surface area (Å²) in [6.45, 7) is 11.1. The summed E-state index contributed by atoms with van der Waals surface area (Å²) in [5, 5.41) is 3.85. The second-order valence-electron chi connectivity index (χ2n) is 14.3. The second kappa shape index (κ2) is 10.9. The van der Waals surface area contributed by atoms with Crippen LogP contribution in [0.5, 0.6) is 5.75 Å². The van der Waals surface area contributed by atoms with E-state index in [4.69, 9.17) is 4.74 Å². The van der Waals surface area contributed by atoms with Gasteiger partial charge >= 0.3 is 0 Å². The Morgan fingerprint density at radius 2 is 1.98 bits per heavy atom. The van der Waals surface area contributed by atoms with Crippen LogP contribution in [0.15, 0.2) is 60.8 Å². The summed E-state index contributed by atoms with van der Waals surface area (Å²) in [5.74, 6) is 3.37. The zero-order chi connectivity index (χ0) is 29.8. The minimum Gasteiger partial charge on any atom is -0.493 e. The van der Waals surface area contributed by atoms with Crippen LogP contribution in [0, 0.1) is 11.8 Å². The fourth-order valence-corrected chi connectivity index (χ4v) is 8.15. The molecule has 1 amide bonds. The number of fused-ring (bicyclic) bond motifs is 3. The van der Waals surface area contributed by atoms with Gasteiger partial charge in [0, 0.05) is 38.4 Å². The SMILES string of the molecule is CC(C)CN(C)c1cc2c([n+](CC(C)(c3ccc4c(c3)CCO4)N3CC(Cc4ccccc4)CC3=O)c1)NCC21CCC1. The van der Waals surface area contributed by atoms with Gasteiger partial charge in [-0.15, -0.1) is 0 Å². The van der Waals surface area contributed by atoms with Crippen molar-refractivity contribution in [2.45, 2.75) is 76.8 Å². The number of rotatable bonds is 9. The molecule has 3 aromatic rings. The van der Waals surface area contributed by atoms with E-state index in [0.29, 0.717) is 24.8 Å². The molecule has 6 nitrogen and oxygen atoms in total. The molecule has 4 heterocycles. The number of nitrogens with zero attached hydrogens (tertiary/aromatic N) is 3. The molecule has 0 bridgehead atoms. The predicted molar refractivity (Wildman–Crippen MR) is 172 cm³/mol. The Morgan fingerprint density at radius 1 is 1.16 bits per heavy atom. The Kier molecular flexibility index (Phi) is 7.14. The summed E-state index contributed by atoms with van der Waals surface area (Å²) in [6, 6.07) is 19.7. The molecule has 7 rings (SSSR count). The molecule has 1 aliphatic carbocycles. The molecule has 3 aliphatic heterocycles. The number of ether oxygens (including phenoxy) is 1. The van der Waals surface area contributed by atoms with Crippen molar-refractivity contribution in [3.63, 3.8) is 0 Å². The zero-order valence-electron chi connectivity index (χ0n) is 26.4. The van der Waals surface area contributed by atoms with Gasteiger partial charge in [0.2, 0.25) is 5.91 Å². The molecule has 1 spiro atoms. The highest BCUT2D eigenvalue weighted by Gasteiger charge is 2.51. The van der Waals surface area contributed by atoms with E-state index >= 15 is 0 Å². The molecule has 1 saturated heterocycles. The Bertz CT molecular complexity index is 1510. The van der Waals surface area contributed by atoms with E-state index in [-0.39, 0.29) is 11.3 Å². The lowest BCUT2D eigenvalue weighted by Crippen LogP contribution is -2.55. The van der Waals surface area contributed by atoms with E-state index in [9.17, 15) is 4.79 Å². The highest BCUT2D eigenvalue weighted by atomic mass is 16.5. The molecule has 1 aromatic heterocycles. The molecule has 43 heavy (non-hydrogen) atoms. The molecule has 6 heteroatoms. The lowest BCUT2D eigenvalue weighted by molar-refractivity contribution is -0.693. The van der Waals surface area contributed by atoms with Crippen LogP contribution in [0.3, 0.4) is 0 Å². The molecule has 0 radical (unpaired) electrons. The van der Waals surface area contributed by atoms with Crippen LogP contribution >= 0.6 is 0 Å². The van der Waals surface area contributed by atoms with Crippen molar-refractivity contribution in [3.05, 3.63) is 83.0 Å². The van der Waals surface area contributed by atoms with E-state index in [2.05, 4.69) is 108 Å². The van der Waals surface area contributed by atoms with Gasteiger partial charge in [-0.1, -0.05) is 56.7 Å². The van der Waals surface area contributed by atoms with Crippen molar-refractivity contribution in [1.82, 2.24) is 4.90 Å². The topological polar surface area (TPSA) is 48.7 Å². The van der Waals surface area contributed by atoms with Gasteiger partial charge in [0.15, 0.2) is 0 Å². The predicted octanol–water partition coefficient (Wildman–Crippen LogP) is 5.86. The average molecular weight is 580 g/mol. The van der Waals surface area contributed by atoms with Crippen molar-refractivity contribution in [2.24, 2.45) is 11.8 Å². The lowest BCUT2D eigenvalue weighted by Gasteiger charge is -2.39. The number of carbonyl (C=O) groups is 1. The first-order chi connectivity index (χ1) is 20.7. The standard InChI is InChI=1S/C37H46N4O2/c1-26(2)21-39(4)31-20-32-35(38-24-37(32)14-8-15-37)40(23-31)25-36(3,30-11-12-33-29(19-30)13-16-43-33)41-22-28(18-34(41)42)17-27-9-6-5-7-10-27/h5-7,9-12,19-20,23,26,28H,8,13-18,21-22,24-25H2,1-4H3/p+1. The van der Waals surface area contributed by atoms with E-state index in [1.807, 2.05) is 0 Å². The van der Waals surface area contributed by atoms with Crippen molar-refractivity contribution in [2.75, 3.05) is 43.5 Å². The maximum Gasteiger partial charge on any atom is 0.278 e. The quantitative estimate of drug-likeness (QED) is 0.323. The van der Waals surface area contributed by atoms with Gasteiger partial charge in [0.25, 0.3) is 5.82 Å². The number of hydrogen-bond donors (Lipinski definition) is 1. The first kappa shape index (κ1) is 28.2. The number of anilines is 2. The van der Waals surface area contributed by atoms with Crippen LogP contribution in [0.4, 0.5) is 11.5 Å². The molecule has 2 aromatic carbocycles. The number of hydrogen-bond acceptors (Lipinski definition) is 4. The summed E-state index contributed by atoms with van der Waals surface area (Å²) in [7, 11) is 2.22. The minimum absolute atomic E-state index is 0.247. The zero-order valence-corrected chi connectivity index (χ0v) is 26.4. The molecule has 4 aliphatic rings. The van der Waals surface area contributed by atoms with Crippen molar-refractivity contribution < 1.29 is 14.1 Å². The van der Waals surface area contributed by atoms with E-state index in [1.54, 1.807) is 0 Å². The third-order valence-corrected chi connectivity index (χ3v) is 10.6. The van der Waals surface area contributed by atoms with Crippen LogP contribution < -0.4 is 19.5 Å². The molecule has 1 N–H and O–H groups in total. The first-order valence-electron chi connectivity index (χ1n) is 16.4. The molecule has 1 saturated carbocycles. The van der Waals surface area contributed by atoms with E-state index in [1.165, 1.54) is 53.0 Å². The highest BCUT2D eigenvalue weighted by Crippen LogP contribution is 2.50. The largest absolute Gasteiger partial charge is 0.493 e. The Morgan fingerprint density at radius 3 is 2.72 bits per heavy atom. The van der Waals surface area contributed by atoms with Crippen molar-refractivity contribution in [3.8, 4) is 5.75 Å². The van der Waals surface area contributed by atoms with Crippen LogP contribution in [0.2, 0.25) is 0 Å². The van der Waals surface area contributed by atoms with E-state index in [0.717, 1.165) is 44.8 Å². The van der Waals surface area contributed by atoms with Gasteiger partial charge < -0.3 is 14.5 Å². The summed E-state index contributed by atoms with van der Waals surface area (Å²) in [6.07, 6.45) is 8.58. The fraction of sp³-hybridized carbons (Fsp3) is 0.514. The molecule has 2 unspecified atom stereocenters.